The van der Waals surface area contributed by atoms with Crippen LogP contribution in [0.25, 0.3) is 0 Å². The van der Waals surface area contributed by atoms with Gasteiger partial charge in [-0.05, 0) is 73.5 Å². The zero-order chi connectivity index (χ0) is 19.1. The Hall–Kier alpha value is -0.0800. The van der Waals surface area contributed by atoms with Crippen LogP contribution < -0.4 is 0 Å². The molecule has 1 saturated heterocycles. The molecule has 0 aromatic rings. The van der Waals surface area contributed by atoms with Gasteiger partial charge in [0.2, 0.25) is 0 Å². The highest BCUT2D eigenvalue weighted by Gasteiger charge is 2.81. The summed E-state index contributed by atoms with van der Waals surface area (Å²) in [5.41, 5.74) is 0.536. The first-order valence-electron chi connectivity index (χ1n) is 11.4. The summed E-state index contributed by atoms with van der Waals surface area (Å²) in [6, 6.07) is 0. The molecule has 0 radical (unpaired) electrons. The molecule has 6 aliphatic rings. The van der Waals surface area contributed by atoms with E-state index < -0.39 is 0 Å². The van der Waals surface area contributed by atoms with Gasteiger partial charge in [-0.2, -0.15) is 0 Å². The Morgan fingerprint density at radius 2 is 1.89 bits per heavy atom. The van der Waals surface area contributed by atoms with E-state index in [-0.39, 0.29) is 27.9 Å². The van der Waals surface area contributed by atoms with Gasteiger partial charge in [-0.15, -0.1) is 11.6 Å². The van der Waals surface area contributed by atoms with Crippen molar-refractivity contribution in [3.8, 4) is 0 Å². The number of rotatable bonds is 0. The van der Waals surface area contributed by atoms with Crippen molar-refractivity contribution in [3.05, 3.63) is 0 Å². The second-order valence-corrected chi connectivity index (χ2v) is 13.1. The topological polar surface area (TPSA) is 29.6 Å². The Balaban J connectivity index is 1.39. The van der Waals surface area contributed by atoms with E-state index in [1.807, 2.05) is 0 Å². The van der Waals surface area contributed by atoms with Gasteiger partial charge in [0.25, 0.3) is 0 Å². The molecule has 0 amide bonds. The lowest BCUT2D eigenvalue weighted by atomic mass is 9.43. The molecule has 0 bridgehead atoms. The standard InChI is InChI=1S/C24H35ClO2/c1-21(2,3)12-6-9-23(5)15-7-8-22(4)17(13-10-14(13)19(22)26)16(15)18(25)20-24(23,11-12)27-20/h12-18,20H,6-11H2,1-5H3/t12-,13+,14-,15-,16+,17-,18-,20+,22-,23+,24+/m0/s1. The van der Waals surface area contributed by atoms with Gasteiger partial charge in [0, 0.05) is 16.7 Å². The third-order valence-corrected chi connectivity index (χ3v) is 11.3. The van der Waals surface area contributed by atoms with Crippen molar-refractivity contribution in [2.24, 2.45) is 51.8 Å². The lowest BCUT2D eigenvalue weighted by Gasteiger charge is -2.60. The minimum absolute atomic E-state index is 0.0239. The average molecular weight is 391 g/mol. The molecular weight excluding hydrogens is 356 g/mol. The van der Waals surface area contributed by atoms with Gasteiger partial charge < -0.3 is 4.74 Å². The molecule has 27 heavy (non-hydrogen) atoms. The molecule has 0 aromatic carbocycles. The Bertz CT molecular complexity index is 726. The van der Waals surface area contributed by atoms with Gasteiger partial charge >= 0.3 is 0 Å². The molecule has 1 aliphatic heterocycles. The van der Waals surface area contributed by atoms with Crippen LogP contribution in [0.4, 0.5) is 0 Å². The van der Waals surface area contributed by atoms with Gasteiger partial charge in [-0.1, -0.05) is 34.6 Å². The molecule has 6 rings (SSSR count). The number of carbonyl (C=O) groups excluding carboxylic acids is 1. The maximum absolute atomic E-state index is 13.0. The highest BCUT2D eigenvalue weighted by Crippen LogP contribution is 2.78. The molecule has 1 spiro atoms. The molecule has 6 fully saturated rings. The first-order chi connectivity index (χ1) is 12.5. The summed E-state index contributed by atoms with van der Waals surface area (Å²) in [5, 5.41) is 0.110. The van der Waals surface area contributed by atoms with E-state index in [1.165, 1.54) is 25.7 Å². The number of Topliss-reactive ketones (excluding diaryl/α,β-unsaturated/α-hetero) is 1. The van der Waals surface area contributed by atoms with Gasteiger partial charge in [-0.25, -0.2) is 0 Å². The van der Waals surface area contributed by atoms with E-state index in [0.29, 0.717) is 40.8 Å². The Kier molecular flexibility index (Phi) is 3.15. The second-order valence-electron chi connectivity index (χ2n) is 12.6. The molecule has 11 atom stereocenters. The lowest BCUT2D eigenvalue weighted by molar-refractivity contribution is -0.141. The number of fused-ring (bicyclic) bond motifs is 6. The van der Waals surface area contributed by atoms with E-state index in [1.54, 1.807) is 0 Å². The molecule has 5 saturated carbocycles. The minimum atomic E-state index is -0.0875. The summed E-state index contributed by atoms with van der Waals surface area (Å²) in [4.78, 5) is 13.0. The fraction of sp³-hybridized carbons (Fsp3) is 0.958. The van der Waals surface area contributed by atoms with Crippen LogP contribution in [0.15, 0.2) is 0 Å². The number of epoxide rings is 1. The zero-order valence-electron chi connectivity index (χ0n) is 17.6. The highest BCUT2D eigenvalue weighted by molar-refractivity contribution is 6.21. The number of hydrogen-bond donors (Lipinski definition) is 0. The maximum atomic E-state index is 13.0. The summed E-state index contributed by atoms with van der Waals surface area (Å²) in [5.74, 6) is 3.97. The van der Waals surface area contributed by atoms with Gasteiger partial charge in [0.05, 0.1) is 5.38 Å². The van der Waals surface area contributed by atoms with Crippen LogP contribution in [0.5, 0.6) is 0 Å². The van der Waals surface area contributed by atoms with E-state index in [2.05, 4.69) is 34.6 Å². The summed E-state index contributed by atoms with van der Waals surface area (Å²) < 4.78 is 6.64. The second kappa shape index (κ2) is 4.80. The van der Waals surface area contributed by atoms with Gasteiger partial charge in [0.15, 0.2) is 0 Å². The average Bonchev–Trinajstić information content (AvgIpc) is 3.48. The van der Waals surface area contributed by atoms with Gasteiger partial charge in [0.1, 0.15) is 17.5 Å². The summed E-state index contributed by atoms with van der Waals surface area (Å²) >= 11 is 7.24. The predicted molar refractivity (Wildman–Crippen MR) is 107 cm³/mol. The number of halogens is 1. The van der Waals surface area contributed by atoms with Crippen LogP contribution in [0.1, 0.15) is 73.1 Å². The lowest BCUT2D eigenvalue weighted by Crippen LogP contribution is -2.62. The van der Waals surface area contributed by atoms with E-state index in [4.69, 9.17) is 16.3 Å². The van der Waals surface area contributed by atoms with Crippen LogP contribution in [-0.2, 0) is 9.53 Å². The van der Waals surface area contributed by atoms with Crippen LogP contribution in [0, 0.1) is 51.8 Å². The fourth-order valence-corrected chi connectivity index (χ4v) is 9.59. The van der Waals surface area contributed by atoms with Crippen molar-refractivity contribution in [1.29, 1.82) is 0 Å². The number of alkyl halides is 1. The van der Waals surface area contributed by atoms with Crippen molar-refractivity contribution < 1.29 is 9.53 Å². The molecule has 3 heteroatoms. The third kappa shape index (κ3) is 1.88. The van der Waals surface area contributed by atoms with Crippen molar-refractivity contribution in [2.75, 3.05) is 0 Å². The molecule has 150 valence electrons. The summed E-state index contributed by atoms with van der Waals surface area (Å²) in [6.45, 7) is 12.0. The molecule has 1 heterocycles. The van der Waals surface area contributed by atoms with Gasteiger partial charge in [-0.3, -0.25) is 4.79 Å². The molecule has 0 aromatic heterocycles. The summed E-state index contributed by atoms with van der Waals surface area (Å²) in [6.07, 6.45) is 7.43. The fourth-order valence-electron chi connectivity index (χ4n) is 9.00. The van der Waals surface area contributed by atoms with Crippen molar-refractivity contribution in [3.63, 3.8) is 0 Å². The van der Waals surface area contributed by atoms with Crippen molar-refractivity contribution in [1.82, 2.24) is 0 Å². The monoisotopic (exact) mass is 390 g/mol. The SMILES string of the molecule is CC(C)(C)[C@H]1CC[C@]2(C)[C@H]3CC[C@]4(C)C(=O)[C@H]5C[C@H]5[C@H]4[C@@H]3[C@H](Cl)[C@H]3O[C@]32C1. The molecule has 0 N–H and O–H groups in total. The zero-order valence-corrected chi connectivity index (χ0v) is 18.3. The predicted octanol–water partition coefficient (Wildman–Crippen LogP) is 5.47. The normalized spacial score (nSPS) is 63.4. The van der Waals surface area contributed by atoms with E-state index in [0.717, 1.165) is 18.8 Å². The van der Waals surface area contributed by atoms with Crippen molar-refractivity contribution in [2.45, 2.75) is 90.2 Å². The van der Waals surface area contributed by atoms with E-state index in [9.17, 15) is 4.79 Å². The minimum Gasteiger partial charge on any atom is -0.364 e. The highest BCUT2D eigenvalue weighted by atomic mass is 35.5. The first kappa shape index (κ1) is 17.8. The molecule has 2 nitrogen and oxygen atoms in total. The summed E-state index contributed by atoms with van der Waals surface area (Å²) in [7, 11) is 0. The Morgan fingerprint density at radius 1 is 1.15 bits per heavy atom. The molecule has 5 aliphatic carbocycles. The number of hydrogen-bond acceptors (Lipinski definition) is 2. The Morgan fingerprint density at radius 3 is 2.59 bits per heavy atom. The van der Waals surface area contributed by atoms with Crippen LogP contribution in [0.2, 0.25) is 0 Å². The maximum Gasteiger partial charge on any atom is 0.142 e. The largest absolute Gasteiger partial charge is 0.364 e. The number of carbonyl (C=O) groups is 1. The quantitative estimate of drug-likeness (QED) is 0.405. The van der Waals surface area contributed by atoms with Crippen LogP contribution in [-0.4, -0.2) is 22.9 Å². The number of ether oxygens (including phenoxy) is 1. The number of ketones is 1. The van der Waals surface area contributed by atoms with E-state index >= 15 is 0 Å². The van der Waals surface area contributed by atoms with Crippen LogP contribution in [0.3, 0.4) is 0 Å². The molecule has 0 unspecified atom stereocenters. The smallest absolute Gasteiger partial charge is 0.142 e. The first-order valence-corrected chi connectivity index (χ1v) is 11.8. The third-order valence-electron chi connectivity index (χ3n) is 10.8. The Labute approximate surface area is 169 Å². The van der Waals surface area contributed by atoms with Crippen molar-refractivity contribution >= 4 is 17.4 Å². The molecular formula is C24H35ClO2. The van der Waals surface area contributed by atoms with Crippen LogP contribution >= 0.6 is 11.6 Å².